The predicted octanol–water partition coefficient (Wildman–Crippen LogP) is 3.52. The van der Waals surface area contributed by atoms with Gasteiger partial charge in [0.2, 0.25) is 0 Å². The number of aromatic nitrogens is 1. The fourth-order valence-corrected chi connectivity index (χ4v) is 4.66. The molecule has 0 aliphatic carbocycles. The topological polar surface area (TPSA) is 52.4 Å². The summed E-state index contributed by atoms with van der Waals surface area (Å²) >= 11 is 0. The molecule has 0 amide bonds. The summed E-state index contributed by atoms with van der Waals surface area (Å²) in [5, 5.41) is 9.14. The molecule has 5 nitrogen and oxygen atoms in total. The average Bonchev–Trinajstić information content (AvgIpc) is 2.90. The second-order valence-electron chi connectivity index (χ2n) is 8.45. The zero-order valence-electron chi connectivity index (χ0n) is 17.3. The number of morpholine rings is 1. The molecule has 0 N–H and O–H groups in total. The van der Waals surface area contributed by atoms with Gasteiger partial charge in [-0.15, -0.1) is 0 Å². The van der Waals surface area contributed by atoms with Crippen LogP contribution in [0.1, 0.15) is 41.8 Å². The first-order chi connectivity index (χ1) is 14.1. The Labute approximate surface area is 173 Å². The van der Waals surface area contributed by atoms with Crippen LogP contribution in [0.15, 0.2) is 42.5 Å². The fourth-order valence-electron chi connectivity index (χ4n) is 4.66. The minimum Gasteiger partial charge on any atom is -0.372 e. The zero-order valence-corrected chi connectivity index (χ0v) is 17.3. The second kappa shape index (κ2) is 9.04. The number of hydrogen-bond acceptors (Lipinski definition) is 5. The lowest BCUT2D eigenvalue weighted by Crippen LogP contribution is -2.51. The summed E-state index contributed by atoms with van der Waals surface area (Å²) in [6, 6.07) is 16.5. The molecule has 0 saturated carbocycles. The van der Waals surface area contributed by atoms with Crippen LogP contribution >= 0.6 is 0 Å². The molecule has 1 aromatic heterocycles. The molecule has 3 heterocycles. The lowest BCUT2D eigenvalue weighted by molar-refractivity contribution is -0.118. The average molecular weight is 391 g/mol. The summed E-state index contributed by atoms with van der Waals surface area (Å²) in [4.78, 5) is 9.70. The van der Waals surface area contributed by atoms with E-state index in [1.807, 2.05) is 18.2 Å². The Hall–Kier alpha value is -2.26. The third-order valence-corrected chi connectivity index (χ3v) is 6.11. The maximum absolute atomic E-state index is 9.14. The standard InChI is InChI=1S/C24H30N4O/c1-20-5-2-8-23(26-20)18-28-13-14-29-24(19-28)9-4-11-27(12-10-24)17-22-7-3-6-21(15-22)16-25/h2-3,5-8,15H,4,9-14,17-19H2,1H3/t24-/m1/s1. The minimum absolute atomic E-state index is 0.0364. The van der Waals surface area contributed by atoms with Crippen molar-refractivity contribution in [1.29, 1.82) is 5.26 Å². The van der Waals surface area contributed by atoms with Gasteiger partial charge in [0.25, 0.3) is 0 Å². The molecule has 0 unspecified atom stereocenters. The molecular formula is C24H30N4O. The molecule has 0 bridgehead atoms. The van der Waals surface area contributed by atoms with E-state index >= 15 is 0 Å². The first-order valence-corrected chi connectivity index (χ1v) is 10.6. The van der Waals surface area contributed by atoms with Crippen molar-refractivity contribution in [2.24, 2.45) is 0 Å². The van der Waals surface area contributed by atoms with Crippen LogP contribution in [0, 0.1) is 18.3 Å². The van der Waals surface area contributed by atoms with Gasteiger partial charge in [0.15, 0.2) is 0 Å². The minimum atomic E-state index is -0.0364. The molecule has 4 rings (SSSR count). The van der Waals surface area contributed by atoms with Crippen LogP contribution in [-0.2, 0) is 17.8 Å². The van der Waals surface area contributed by atoms with Crippen LogP contribution in [0.4, 0.5) is 0 Å². The molecule has 2 fully saturated rings. The number of rotatable bonds is 4. The van der Waals surface area contributed by atoms with E-state index in [2.05, 4.69) is 52.0 Å². The zero-order chi connectivity index (χ0) is 20.1. The Morgan fingerprint density at radius 1 is 1.07 bits per heavy atom. The smallest absolute Gasteiger partial charge is 0.0991 e. The van der Waals surface area contributed by atoms with Gasteiger partial charge in [0, 0.05) is 38.4 Å². The molecule has 29 heavy (non-hydrogen) atoms. The Bertz CT molecular complexity index is 877. The number of benzene rings is 1. The van der Waals surface area contributed by atoms with E-state index in [9.17, 15) is 0 Å². The molecule has 5 heteroatoms. The normalized spacial score (nSPS) is 23.6. The summed E-state index contributed by atoms with van der Waals surface area (Å²) in [6.45, 7) is 8.74. The van der Waals surface area contributed by atoms with E-state index in [-0.39, 0.29) is 5.60 Å². The summed E-state index contributed by atoms with van der Waals surface area (Å²) in [5.74, 6) is 0. The van der Waals surface area contributed by atoms with Crippen LogP contribution in [-0.4, -0.2) is 53.2 Å². The van der Waals surface area contributed by atoms with Crippen molar-refractivity contribution >= 4 is 0 Å². The SMILES string of the molecule is Cc1cccc(CN2CCO[C@@]3(CCCN(Cc4cccc(C#N)c4)CC3)C2)n1. The summed E-state index contributed by atoms with van der Waals surface area (Å²) < 4.78 is 6.38. The Balaban J connectivity index is 1.37. The molecule has 2 aliphatic rings. The lowest BCUT2D eigenvalue weighted by Gasteiger charge is -2.42. The molecule has 1 aromatic carbocycles. The van der Waals surface area contributed by atoms with E-state index in [4.69, 9.17) is 10.00 Å². The summed E-state index contributed by atoms with van der Waals surface area (Å²) in [7, 11) is 0. The number of nitrogens with zero attached hydrogens (tertiary/aromatic N) is 4. The largest absolute Gasteiger partial charge is 0.372 e. The van der Waals surface area contributed by atoms with Gasteiger partial charge < -0.3 is 4.74 Å². The molecule has 1 atom stereocenters. The fraction of sp³-hybridized carbons (Fsp3) is 0.500. The van der Waals surface area contributed by atoms with Crippen LogP contribution in [0.5, 0.6) is 0 Å². The van der Waals surface area contributed by atoms with Crippen molar-refractivity contribution in [3.8, 4) is 6.07 Å². The quantitative estimate of drug-likeness (QED) is 0.800. The highest BCUT2D eigenvalue weighted by atomic mass is 16.5. The van der Waals surface area contributed by atoms with E-state index in [1.54, 1.807) is 0 Å². The molecule has 1 spiro atoms. The first kappa shape index (κ1) is 20.0. The number of aryl methyl sites for hydroxylation is 1. The molecular weight excluding hydrogens is 360 g/mol. The van der Waals surface area contributed by atoms with Gasteiger partial charge in [-0.3, -0.25) is 14.8 Å². The van der Waals surface area contributed by atoms with E-state index in [0.717, 1.165) is 82.1 Å². The Morgan fingerprint density at radius 2 is 1.97 bits per heavy atom. The van der Waals surface area contributed by atoms with Crippen molar-refractivity contribution < 1.29 is 4.74 Å². The first-order valence-electron chi connectivity index (χ1n) is 10.6. The van der Waals surface area contributed by atoms with Gasteiger partial charge in [-0.05, 0) is 62.6 Å². The van der Waals surface area contributed by atoms with Gasteiger partial charge in [-0.2, -0.15) is 5.26 Å². The third kappa shape index (κ3) is 5.22. The van der Waals surface area contributed by atoms with E-state index < -0.39 is 0 Å². The second-order valence-corrected chi connectivity index (χ2v) is 8.45. The predicted molar refractivity (Wildman–Crippen MR) is 113 cm³/mol. The van der Waals surface area contributed by atoms with Gasteiger partial charge in [-0.1, -0.05) is 18.2 Å². The number of nitriles is 1. The van der Waals surface area contributed by atoms with Crippen molar-refractivity contribution in [2.75, 3.05) is 32.8 Å². The van der Waals surface area contributed by atoms with Crippen LogP contribution in [0.3, 0.4) is 0 Å². The molecule has 2 saturated heterocycles. The third-order valence-electron chi connectivity index (χ3n) is 6.11. The van der Waals surface area contributed by atoms with Gasteiger partial charge in [0.1, 0.15) is 0 Å². The van der Waals surface area contributed by atoms with Gasteiger partial charge in [-0.25, -0.2) is 0 Å². The summed E-state index contributed by atoms with van der Waals surface area (Å²) in [5.41, 5.74) is 4.15. The Kier molecular flexibility index (Phi) is 6.25. The molecule has 0 radical (unpaired) electrons. The number of likely N-dealkylation sites (tertiary alicyclic amines) is 1. The van der Waals surface area contributed by atoms with E-state index in [0.29, 0.717) is 0 Å². The highest BCUT2D eigenvalue weighted by molar-refractivity contribution is 5.32. The summed E-state index contributed by atoms with van der Waals surface area (Å²) in [6.07, 6.45) is 3.32. The number of pyridine rings is 1. The highest BCUT2D eigenvalue weighted by Gasteiger charge is 2.38. The van der Waals surface area contributed by atoms with E-state index in [1.165, 1.54) is 5.56 Å². The van der Waals surface area contributed by atoms with Gasteiger partial charge >= 0.3 is 0 Å². The maximum atomic E-state index is 9.14. The molecule has 152 valence electrons. The number of hydrogen-bond donors (Lipinski definition) is 0. The maximum Gasteiger partial charge on any atom is 0.0991 e. The van der Waals surface area contributed by atoms with Gasteiger partial charge in [0.05, 0.1) is 29.5 Å². The monoisotopic (exact) mass is 390 g/mol. The number of ether oxygens (including phenoxy) is 1. The lowest BCUT2D eigenvalue weighted by atomic mass is 9.92. The van der Waals surface area contributed by atoms with Crippen molar-refractivity contribution in [3.05, 3.63) is 65.0 Å². The van der Waals surface area contributed by atoms with Crippen LogP contribution in [0.25, 0.3) is 0 Å². The molecule has 2 aromatic rings. The van der Waals surface area contributed by atoms with Crippen LogP contribution < -0.4 is 0 Å². The Morgan fingerprint density at radius 3 is 2.83 bits per heavy atom. The highest BCUT2D eigenvalue weighted by Crippen LogP contribution is 2.31. The van der Waals surface area contributed by atoms with Crippen molar-refractivity contribution in [3.63, 3.8) is 0 Å². The van der Waals surface area contributed by atoms with Crippen molar-refractivity contribution in [2.45, 2.75) is 44.9 Å². The van der Waals surface area contributed by atoms with Crippen molar-refractivity contribution in [1.82, 2.24) is 14.8 Å². The molecule has 2 aliphatic heterocycles. The van der Waals surface area contributed by atoms with Crippen LogP contribution in [0.2, 0.25) is 0 Å².